The first kappa shape index (κ1) is 38.9. The third-order valence-corrected chi connectivity index (χ3v) is 8.62. The highest BCUT2D eigenvalue weighted by molar-refractivity contribution is 4.54. The van der Waals surface area contributed by atoms with Crippen LogP contribution in [0.5, 0.6) is 0 Å². The van der Waals surface area contributed by atoms with Gasteiger partial charge in [-0.2, -0.15) is 0 Å². The molecule has 0 aliphatic carbocycles. The van der Waals surface area contributed by atoms with Gasteiger partial charge in [-0.3, -0.25) is 0 Å². The van der Waals surface area contributed by atoms with E-state index in [4.69, 9.17) is 11.5 Å². The Morgan fingerprint density at radius 3 is 0.538 bits per heavy atom. The third kappa shape index (κ3) is 37.9. The van der Waals surface area contributed by atoms with E-state index in [1.165, 1.54) is 219 Å². The van der Waals surface area contributed by atoms with Gasteiger partial charge < -0.3 is 16.8 Å². The van der Waals surface area contributed by atoms with E-state index in [-0.39, 0.29) is 0 Å². The van der Waals surface area contributed by atoms with Crippen molar-refractivity contribution in [2.24, 2.45) is 11.5 Å². The molecule has 5 N–H and O–H groups in total. The van der Waals surface area contributed by atoms with Gasteiger partial charge in [0, 0.05) is 0 Å². The molecule has 0 heterocycles. The average Bonchev–Trinajstić information content (AvgIpc) is 2.95. The molecule has 0 spiro atoms. The first-order valence-electron chi connectivity index (χ1n) is 18.5. The summed E-state index contributed by atoms with van der Waals surface area (Å²) in [7, 11) is 0. The molecule has 3 heteroatoms. The van der Waals surface area contributed by atoms with Crippen molar-refractivity contribution in [1.29, 1.82) is 0 Å². The van der Waals surface area contributed by atoms with Crippen LogP contribution in [0.25, 0.3) is 0 Å². The molecule has 0 aromatic heterocycles. The number of hydrogen-bond acceptors (Lipinski definition) is 3. The molecule has 0 bridgehead atoms. The van der Waals surface area contributed by atoms with Crippen molar-refractivity contribution < 1.29 is 0 Å². The summed E-state index contributed by atoms with van der Waals surface area (Å²) in [6, 6.07) is 0. The Labute approximate surface area is 248 Å². The highest BCUT2D eigenvalue weighted by Crippen LogP contribution is 2.15. The monoisotopic (exact) mass is 552 g/mol. The van der Waals surface area contributed by atoms with E-state index in [2.05, 4.69) is 5.32 Å². The molecule has 0 aliphatic rings. The molecule has 0 aromatic carbocycles. The predicted octanol–water partition coefficient (Wildman–Crippen LogP) is 11.0. The average molecular weight is 552 g/mol. The minimum atomic E-state index is 0.870. The second-order valence-electron chi connectivity index (χ2n) is 12.6. The van der Waals surface area contributed by atoms with Crippen LogP contribution in [0.1, 0.15) is 205 Å². The van der Waals surface area contributed by atoms with Gasteiger partial charge in [0.05, 0.1) is 0 Å². The predicted molar refractivity (Wildman–Crippen MR) is 179 cm³/mol. The topological polar surface area (TPSA) is 64.1 Å². The van der Waals surface area contributed by atoms with Gasteiger partial charge in [-0.1, -0.05) is 180 Å². The zero-order valence-electron chi connectivity index (χ0n) is 27.1. The van der Waals surface area contributed by atoms with Crippen LogP contribution in [0.2, 0.25) is 0 Å². The SMILES string of the molecule is NCCCCCCCCCCCCCCCCCCNCCCCCCCCCCCCCCCCCCN. The smallest absolute Gasteiger partial charge is 0.00489 e. The molecule has 0 aliphatic heterocycles. The summed E-state index contributed by atoms with van der Waals surface area (Å²) in [6.07, 6.45) is 45.5. The zero-order chi connectivity index (χ0) is 28.2. The molecule has 0 fully saturated rings. The minimum absolute atomic E-state index is 0.870. The molecule has 0 amide bonds. The highest BCUT2D eigenvalue weighted by atomic mass is 14.8. The van der Waals surface area contributed by atoms with Crippen LogP contribution in [-0.4, -0.2) is 26.2 Å². The van der Waals surface area contributed by atoms with E-state index in [9.17, 15) is 0 Å². The molecule has 0 atom stereocenters. The van der Waals surface area contributed by atoms with E-state index in [1.54, 1.807) is 0 Å². The van der Waals surface area contributed by atoms with Gasteiger partial charge in [0.25, 0.3) is 0 Å². The summed E-state index contributed by atoms with van der Waals surface area (Å²) < 4.78 is 0. The van der Waals surface area contributed by atoms with Crippen LogP contribution < -0.4 is 16.8 Å². The Morgan fingerprint density at radius 1 is 0.205 bits per heavy atom. The Balaban J connectivity index is 3.01. The van der Waals surface area contributed by atoms with Gasteiger partial charge in [0.2, 0.25) is 0 Å². The van der Waals surface area contributed by atoms with Crippen molar-refractivity contribution in [3.05, 3.63) is 0 Å². The normalized spacial score (nSPS) is 11.5. The lowest BCUT2D eigenvalue weighted by atomic mass is 10.0. The number of unbranched alkanes of at least 4 members (excludes halogenated alkanes) is 30. The fourth-order valence-electron chi connectivity index (χ4n) is 5.86. The maximum Gasteiger partial charge on any atom is -0.00489 e. The molecule has 0 saturated heterocycles. The summed E-state index contributed by atoms with van der Waals surface area (Å²) in [5.74, 6) is 0. The lowest BCUT2D eigenvalue weighted by Crippen LogP contribution is -2.16. The number of nitrogens with two attached hydrogens (primary N) is 2. The van der Waals surface area contributed by atoms with Crippen LogP contribution in [0, 0.1) is 0 Å². The van der Waals surface area contributed by atoms with Crippen molar-refractivity contribution in [3.8, 4) is 0 Å². The summed E-state index contributed by atoms with van der Waals surface area (Å²) in [5, 5.41) is 3.68. The molecule has 0 rings (SSSR count). The van der Waals surface area contributed by atoms with Crippen LogP contribution >= 0.6 is 0 Å². The second kappa shape index (κ2) is 37.9. The Morgan fingerprint density at radius 2 is 0.359 bits per heavy atom. The summed E-state index contributed by atoms with van der Waals surface area (Å²) >= 11 is 0. The van der Waals surface area contributed by atoms with Crippen molar-refractivity contribution in [1.82, 2.24) is 5.32 Å². The molecule has 0 unspecified atom stereocenters. The molecular weight excluding hydrogens is 474 g/mol. The summed E-state index contributed by atoms with van der Waals surface area (Å²) in [6.45, 7) is 4.22. The quantitative estimate of drug-likeness (QED) is 0.0678. The highest BCUT2D eigenvalue weighted by Gasteiger charge is 1.97. The van der Waals surface area contributed by atoms with Gasteiger partial charge in [-0.05, 0) is 51.9 Å². The molecule has 0 radical (unpaired) electrons. The Bertz CT molecular complexity index is 365. The Kier molecular flexibility index (Phi) is 37.8. The molecule has 39 heavy (non-hydrogen) atoms. The Hall–Kier alpha value is -0.120. The first-order valence-corrected chi connectivity index (χ1v) is 18.5. The maximum atomic E-state index is 5.54. The van der Waals surface area contributed by atoms with Crippen LogP contribution in [0.15, 0.2) is 0 Å². The van der Waals surface area contributed by atoms with Crippen molar-refractivity contribution in [2.45, 2.75) is 205 Å². The van der Waals surface area contributed by atoms with Gasteiger partial charge >= 0.3 is 0 Å². The van der Waals surface area contributed by atoms with Crippen LogP contribution in [-0.2, 0) is 0 Å². The molecule has 0 aromatic rings. The van der Waals surface area contributed by atoms with Crippen molar-refractivity contribution in [2.75, 3.05) is 26.2 Å². The summed E-state index contributed by atoms with van der Waals surface area (Å²) in [5.41, 5.74) is 11.1. The van der Waals surface area contributed by atoms with Gasteiger partial charge in [0.1, 0.15) is 0 Å². The molecule has 3 nitrogen and oxygen atoms in total. The van der Waals surface area contributed by atoms with Crippen LogP contribution in [0.3, 0.4) is 0 Å². The standard InChI is InChI=1S/C36H77N3/c37-33-29-25-21-17-13-9-5-1-3-7-11-15-19-23-27-31-35-39-36-32-28-24-20-16-12-8-4-2-6-10-14-18-22-26-30-34-38/h39H,1-38H2. The third-order valence-electron chi connectivity index (χ3n) is 8.62. The fourth-order valence-corrected chi connectivity index (χ4v) is 5.86. The van der Waals surface area contributed by atoms with Crippen LogP contribution in [0.4, 0.5) is 0 Å². The lowest BCUT2D eigenvalue weighted by Gasteiger charge is -2.06. The van der Waals surface area contributed by atoms with E-state index in [0.29, 0.717) is 0 Å². The molecule has 0 saturated carbocycles. The fraction of sp³-hybridized carbons (Fsp3) is 1.00. The van der Waals surface area contributed by atoms with Crippen molar-refractivity contribution >= 4 is 0 Å². The van der Waals surface area contributed by atoms with Gasteiger partial charge in [0.15, 0.2) is 0 Å². The van der Waals surface area contributed by atoms with E-state index in [0.717, 1.165) is 13.1 Å². The number of hydrogen-bond donors (Lipinski definition) is 3. The van der Waals surface area contributed by atoms with Gasteiger partial charge in [-0.15, -0.1) is 0 Å². The minimum Gasteiger partial charge on any atom is -0.330 e. The summed E-state index contributed by atoms with van der Waals surface area (Å²) in [4.78, 5) is 0. The van der Waals surface area contributed by atoms with Crippen molar-refractivity contribution in [3.63, 3.8) is 0 Å². The zero-order valence-corrected chi connectivity index (χ0v) is 27.1. The number of rotatable bonds is 36. The lowest BCUT2D eigenvalue weighted by molar-refractivity contribution is 0.515. The molecule has 236 valence electrons. The van der Waals surface area contributed by atoms with E-state index in [1.807, 2.05) is 0 Å². The number of nitrogens with one attached hydrogen (secondary N) is 1. The first-order chi connectivity index (χ1) is 19.4. The molecular formula is C36H77N3. The maximum absolute atomic E-state index is 5.54. The largest absolute Gasteiger partial charge is 0.330 e. The van der Waals surface area contributed by atoms with Gasteiger partial charge in [-0.25, -0.2) is 0 Å². The van der Waals surface area contributed by atoms with E-state index < -0.39 is 0 Å². The second-order valence-corrected chi connectivity index (χ2v) is 12.6. The van der Waals surface area contributed by atoms with E-state index >= 15 is 0 Å².